The van der Waals surface area contributed by atoms with Crippen molar-refractivity contribution in [1.82, 2.24) is 30.2 Å². The number of hydrogen-bond donors (Lipinski definition) is 6. The maximum absolute atomic E-state index is 13.3. The Balaban J connectivity index is 0.000000129. The Labute approximate surface area is 439 Å². The van der Waals surface area contributed by atoms with Crippen molar-refractivity contribution in [2.45, 2.75) is 88.7 Å². The Hall–Kier alpha value is -7.34. The molecule has 0 radical (unpaired) electrons. The Morgan fingerprint density at radius 2 is 1.00 bits per heavy atom. The SMILES string of the molecule is CC1(C)O[C@H]2C=CC(n3c(Cl)c(C4=C(c5c[nH]c6ccccc56)C(=O)NC4=O)c4ccccc43)C[C@H]2O1.CC1(C)O[C@H]2C=C[C@@H](O)C[C@H]2O1.O=C1NC(=O)C(c2c(Cl)[nH]c3ccccc23)=C1c1c[nH]c2ccccc12. The summed E-state index contributed by atoms with van der Waals surface area (Å²) in [5.41, 5.74) is 7.15. The van der Waals surface area contributed by atoms with E-state index in [0.29, 0.717) is 62.1 Å². The molecule has 4 aromatic heterocycles. The van der Waals surface area contributed by atoms with Crippen LogP contribution in [0.25, 0.3) is 65.9 Å². The summed E-state index contributed by atoms with van der Waals surface area (Å²) in [5, 5.41) is 18.3. The van der Waals surface area contributed by atoms with Gasteiger partial charge in [0.15, 0.2) is 11.6 Å². The molecular formula is C58H50Cl2N6O9. The molecule has 4 aromatic carbocycles. The van der Waals surface area contributed by atoms with Crippen LogP contribution < -0.4 is 10.6 Å². The van der Waals surface area contributed by atoms with Crippen LogP contribution >= 0.6 is 23.2 Å². The van der Waals surface area contributed by atoms with Crippen molar-refractivity contribution >= 4 is 113 Å². The second-order valence-electron chi connectivity index (χ2n) is 20.1. The van der Waals surface area contributed by atoms with Crippen molar-refractivity contribution in [2.24, 2.45) is 0 Å². The molecule has 6 aliphatic rings. The van der Waals surface area contributed by atoms with E-state index in [4.69, 9.17) is 42.1 Å². The molecule has 4 aliphatic heterocycles. The van der Waals surface area contributed by atoms with Gasteiger partial charge < -0.3 is 43.6 Å². The standard InChI is InChI=1S/C29H24ClN3O4.C20H12ClN3O2.C9H14O3/c1-29(2)36-21-12-11-15(13-22(21)37-29)33-20-10-6-4-8-17(20)23(26(33)30)25-24(27(34)32-28(25)35)18-14-31-19-9-5-3-7-16(18)19;21-18-15(11-6-2-4-8-14(11)23-18)17-16(19(25)24-20(17)26)12-9-22-13-7-3-1-5-10(12)13;1-9(2)11-7-4-3-6(10)5-8(7)12-9/h3-12,14-15,21-22,31H,13H2,1-2H3,(H,32,34,35);1-9,22-23H,(H,24,25,26);3-4,6-8,10H,5H2,1-2H3/t15?,21-,22+;;6-,7+,8-/m0.1/s1. The molecule has 2 fully saturated rings. The minimum atomic E-state index is -0.649. The number of nitrogens with one attached hydrogen (secondary N) is 5. The highest BCUT2D eigenvalue weighted by atomic mass is 35.5. The Bertz CT molecular complexity index is 3830. The van der Waals surface area contributed by atoms with E-state index < -0.39 is 35.2 Å². The molecule has 1 unspecified atom stereocenters. The molecule has 0 saturated carbocycles. The number of H-pyrrole nitrogens is 3. The fourth-order valence-electron chi connectivity index (χ4n) is 11.3. The summed E-state index contributed by atoms with van der Waals surface area (Å²) in [5.74, 6) is -2.90. The first kappa shape index (κ1) is 48.6. The molecule has 6 atom stereocenters. The van der Waals surface area contributed by atoms with Crippen LogP contribution in [0.4, 0.5) is 0 Å². The van der Waals surface area contributed by atoms with Crippen LogP contribution in [0.15, 0.2) is 134 Å². The average molecular weight is 1050 g/mol. The molecule has 8 heterocycles. The van der Waals surface area contributed by atoms with Gasteiger partial charge in [-0.1, -0.05) is 120 Å². The maximum Gasteiger partial charge on any atom is 0.259 e. The second-order valence-corrected chi connectivity index (χ2v) is 20.9. The van der Waals surface area contributed by atoms with Gasteiger partial charge in [0.05, 0.1) is 52.2 Å². The summed E-state index contributed by atoms with van der Waals surface area (Å²) >= 11 is 13.6. The summed E-state index contributed by atoms with van der Waals surface area (Å²) in [6, 6.07) is 30.5. The van der Waals surface area contributed by atoms with Gasteiger partial charge in [0.2, 0.25) is 0 Å². The molecule has 380 valence electrons. The number of allylic oxidation sites excluding steroid dienone is 1. The van der Waals surface area contributed by atoms with Crippen molar-refractivity contribution in [3.8, 4) is 0 Å². The number of para-hydroxylation sites is 4. The van der Waals surface area contributed by atoms with Crippen LogP contribution in [0, 0.1) is 0 Å². The highest BCUT2D eigenvalue weighted by Crippen LogP contribution is 2.47. The van der Waals surface area contributed by atoms with Crippen molar-refractivity contribution in [1.29, 1.82) is 0 Å². The molecule has 15 nitrogen and oxygen atoms in total. The van der Waals surface area contributed by atoms with Gasteiger partial charge in [0, 0.05) is 85.6 Å². The predicted octanol–water partition coefficient (Wildman–Crippen LogP) is 10.1. The first-order valence-corrected chi connectivity index (χ1v) is 25.4. The fraction of sp³-hybridized carbons (Fsp3) is 0.241. The van der Waals surface area contributed by atoms with E-state index in [2.05, 4.69) is 31.7 Å². The number of aliphatic hydroxyl groups excluding tert-OH is 1. The van der Waals surface area contributed by atoms with E-state index in [0.717, 1.165) is 43.6 Å². The molecule has 4 amide bonds. The molecule has 17 heteroatoms. The molecule has 2 saturated heterocycles. The third-order valence-electron chi connectivity index (χ3n) is 14.4. The Kier molecular flexibility index (Phi) is 12.0. The number of carbonyl (C=O) groups excluding carboxylic acids is 4. The number of fused-ring (bicyclic) bond motifs is 6. The van der Waals surface area contributed by atoms with E-state index in [1.54, 1.807) is 18.5 Å². The van der Waals surface area contributed by atoms with Gasteiger partial charge in [-0.15, -0.1) is 0 Å². The van der Waals surface area contributed by atoms with E-state index in [1.807, 2.05) is 141 Å². The van der Waals surface area contributed by atoms with E-state index in [9.17, 15) is 24.3 Å². The number of aromatic amines is 3. The molecule has 2 aliphatic carbocycles. The highest BCUT2D eigenvalue weighted by molar-refractivity contribution is 6.53. The minimum Gasteiger partial charge on any atom is -0.389 e. The average Bonchev–Trinajstić information content (AvgIpc) is 4.27. The summed E-state index contributed by atoms with van der Waals surface area (Å²) < 4.78 is 25.4. The van der Waals surface area contributed by atoms with Crippen LogP contribution in [-0.2, 0) is 38.1 Å². The lowest BCUT2D eigenvalue weighted by Crippen LogP contribution is -2.29. The molecular weight excluding hydrogens is 996 g/mol. The first-order chi connectivity index (χ1) is 36.0. The van der Waals surface area contributed by atoms with Crippen molar-refractivity contribution in [2.75, 3.05) is 0 Å². The van der Waals surface area contributed by atoms with Gasteiger partial charge in [0.25, 0.3) is 23.6 Å². The third kappa shape index (κ3) is 8.54. The number of nitrogens with zero attached hydrogens (tertiary/aromatic N) is 1. The summed E-state index contributed by atoms with van der Waals surface area (Å²) in [7, 11) is 0. The topological polar surface area (TPSA) is 202 Å². The minimum absolute atomic E-state index is 0.0278. The Morgan fingerprint density at radius 3 is 1.59 bits per heavy atom. The van der Waals surface area contributed by atoms with Crippen molar-refractivity contribution in [3.63, 3.8) is 0 Å². The number of rotatable bonds is 5. The largest absolute Gasteiger partial charge is 0.389 e. The smallest absolute Gasteiger partial charge is 0.259 e. The number of hydrogen-bond acceptors (Lipinski definition) is 9. The maximum atomic E-state index is 13.3. The summed E-state index contributed by atoms with van der Waals surface area (Å²) in [6.45, 7) is 7.62. The molecule has 75 heavy (non-hydrogen) atoms. The monoisotopic (exact) mass is 1040 g/mol. The molecule has 14 rings (SSSR count). The van der Waals surface area contributed by atoms with E-state index >= 15 is 0 Å². The number of halogens is 2. The summed E-state index contributed by atoms with van der Waals surface area (Å²) in [6.07, 6.45) is 12.1. The predicted molar refractivity (Wildman–Crippen MR) is 287 cm³/mol. The lowest BCUT2D eigenvalue weighted by atomic mass is 9.95. The first-order valence-electron chi connectivity index (χ1n) is 24.7. The number of aromatic nitrogens is 4. The number of amides is 4. The van der Waals surface area contributed by atoms with Crippen molar-refractivity contribution < 1.29 is 43.2 Å². The van der Waals surface area contributed by atoms with Crippen LogP contribution in [0.3, 0.4) is 0 Å². The highest BCUT2D eigenvalue weighted by Gasteiger charge is 2.45. The van der Waals surface area contributed by atoms with Crippen LogP contribution in [0.2, 0.25) is 10.3 Å². The zero-order valence-corrected chi connectivity index (χ0v) is 42.5. The fourth-order valence-corrected chi connectivity index (χ4v) is 12.0. The van der Waals surface area contributed by atoms with Gasteiger partial charge >= 0.3 is 0 Å². The van der Waals surface area contributed by atoms with Crippen molar-refractivity contribution in [3.05, 3.63) is 166 Å². The Morgan fingerprint density at radius 1 is 0.533 bits per heavy atom. The van der Waals surface area contributed by atoms with Crippen LogP contribution in [0.5, 0.6) is 0 Å². The van der Waals surface area contributed by atoms with Gasteiger partial charge in [-0.05, 0) is 52.0 Å². The summed E-state index contributed by atoms with van der Waals surface area (Å²) in [4.78, 5) is 61.2. The van der Waals surface area contributed by atoms with Crippen LogP contribution in [-0.4, -0.2) is 90.3 Å². The van der Waals surface area contributed by atoms with Gasteiger partial charge in [-0.3, -0.25) is 29.8 Å². The number of aliphatic hydroxyl groups is 1. The zero-order valence-electron chi connectivity index (χ0n) is 41.0. The normalized spacial score (nSPS) is 24.5. The van der Waals surface area contributed by atoms with Gasteiger partial charge in [-0.2, -0.15) is 0 Å². The second kappa shape index (κ2) is 18.5. The molecule has 8 aromatic rings. The molecule has 0 bridgehead atoms. The zero-order chi connectivity index (χ0) is 52.1. The molecule has 6 N–H and O–H groups in total. The number of ether oxygens (including phenoxy) is 4. The quantitative estimate of drug-likeness (QED) is 0.0717. The van der Waals surface area contributed by atoms with Gasteiger partial charge in [-0.25, -0.2) is 0 Å². The third-order valence-corrected chi connectivity index (χ3v) is 15.0. The van der Waals surface area contributed by atoms with Crippen LogP contribution in [0.1, 0.15) is 68.8 Å². The van der Waals surface area contributed by atoms with E-state index in [-0.39, 0.29) is 42.1 Å². The molecule has 0 spiro atoms. The van der Waals surface area contributed by atoms with E-state index in [1.165, 1.54) is 0 Å². The number of imide groups is 2. The lowest BCUT2D eigenvalue weighted by Gasteiger charge is -2.27. The lowest BCUT2D eigenvalue weighted by molar-refractivity contribution is -0.144. The number of carbonyl (C=O) groups is 4. The van der Waals surface area contributed by atoms with Gasteiger partial charge in [0.1, 0.15) is 22.5 Å². The number of benzene rings is 4.